The molecule has 0 aliphatic heterocycles. The molecule has 3 N–H and O–H groups in total. The monoisotopic (exact) mass is 145 g/mol. The molecule has 0 rings (SSSR count). The predicted molar refractivity (Wildman–Crippen MR) is 39.5 cm³/mol. The second-order valence-corrected chi connectivity index (χ2v) is 2.43. The Morgan fingerprint density at radius 1 is 1.70 bits per heavy atom. The molecule has 0 heterocycles. The lowest BCUT2D eigenvalue weighted by Crippen LogP contribution is -2.20. The van der Waals surface area contributed by atoms with E-state index in [1.807, 2.05) is 0 Å². The number of carbonyl (C=O) groups is 1. The third kappa shape index (κ3) is 3.58. The minimum absolute atomic E-state index is 0.0495. The fourth-order valence-corrected chi connectivity index (χ4v) is 0.631. The molecule has 0 fully saturated rings. The Labute approximate surface area is 61.2 Å². The number of nitrogens with two attached hydrogens (primary N) is 1. The third-order valence-corrected chi connectivity index (χ3v) is 1.48. The minimum Gasteiger partial charge on any atom is -0.396 e. The van der Waals surface area contributed by atoms with E-state index >= 15 is 0 Å². The van der Waals surface area contributed by atoms with E-state index in [1.54, 1.807) is 6.92 Å². The summed E-state index contributed by atoms with van der Waals surface area (Å²) >= 11 is 0. The molecule has 0 radical (unpaired) electrons. The molecule has 0 aliphatic rings. The van der Waals surface area contributed by atoms with Crippen LogP contribution in [-0.4, -0.2) is 24.0 Å². The van der Waals surface area contributed by atoms with Gasteiger partial charge in [-0.2, -0.15) is 0 Å². The molecule has 10 heavy (non-hydrogen) atoms. The second kappa shape index (κ2) is 5.38. The van der Waals surface area contributed by atoms with E-state index in [-0.39, 0.29) is 18.3 Å². The van der Waals surface area contributed by atoms with E-state index < -0.39 is 0 Å². The summed E-state index contributed by atoms with van der Waals surface area (Å²) in [5.41, 5.74) is 5.26. The normalized spacial score (nSPS) is 13.1. The van der Waals surface area contributed by atoms with Crippen LogP contribution in [0, 0.1) is 5.92 Å². The Morgan fingerprint density at radius 3 is 2.70 bits per heavy atom. The number of hydrogen-bond acceptors (Lipinski definition) is 3. The van der Waals surface area contributed by atoms with Gasteiger partial charge in [-0.05, 0) is 6.42 Å². The summed E-state index contributed by atoms with van der Waals surface area (Å²) in [7, 11) is 0. The topological polar surface area (TPSA) is 63.3 Å². The quantitative estimate of drug-likeness (QED) is 0.569. The van der Waals surface area contributed by atoms with Crippen molar-refractivity contribution in [3.8, 4) is 0 Å². The highest BCUT2D eigenvalue weighted by molar-refractivity contribution is 5.80. The number of ketones is 1. The molecule has 3 nitrogen and oxygen atoms in total. The van der Waals surface area contributed by atoms with E-state index in [0.29, 0.717) is 19.4 Å². The smallest absolute Gasteiger partial charge is 0.137 e. The molecule has 0 saturated carbocycles. The van der Waals surface area contributed by atoms with Gasteiger partial charge in [0.05, 0.1) is 0 Å². The summed E-state index contributed by atoms with van der Waals surface area (Å²) in [6.45, 7) is 2.30. The molecule has 0 saturated heterocycles. The van der Waals surface area contributed by atoms with Crippen molar-refractivity contribution < 1.29 is 9.90 Å². The van der Waals surface area contributed by atoms with Crippen LogP contribution in [0.4, 0.5) is 0 Å². The van der Waals surface area contributed by atoms with E-state index in [2.05, 4.69) is 0 Å². The molecule has 0 bridgehead atoms. The highest BCUT2D eigenvalue weighted by Gasteiger charge is 2.08. The van der Waals surface area contributed by atoms with Crippen LogP contribution >= 0.6 is 0 Å². The minimum atomic E-state index is -0.0495. The van der Waals surface area contributed by atoms with E-state index in [0.717, 1.165) is 0 Å². The van der Waals surface area contributed by atoms with Gasteiger partial charge in [-0.3, -0.25) is 4.79 Å². The van der Waals surface area contributed by atoms with Crippen molar-refractivity contribution >= 4 is 5.78 Å². The maximum Gasteiger partial charge on any atom is 0.137 e. The zero-order chi connectivity index (χ0) is 7.98. The molecule has 0 spiro atoms. The van der Waals surface area contributed by atoms with Crippen molar-refractivity contribution in [2.24, 2.45) is 11.7 Å². The van der Waals surface area contributed by atoms with Crippen LogP contribution < -0.4 is 5.73 Å². The summed E-state index contributed by atoms with van der Waals surface area (Å²) in [5.74, 6) is 0.100. The summed E-state index contributed by atoms with van der Waals surface area (Å²) in [6, 6.07) is 0. The Morgan fingerprint density at radius 2 is 2.30 bits per heavy atom. The fourth-order valence-electron chi connectivity index (χ4n) is 0.631. The molecular formula is C7H15NO2. The lowest BCUT2D eigenvalue weighted by Gasteiger charge is -2.04. The van der Waals surface area contributed by atoms with E-state index in [1.165, 1.54) is 0 Å². The molecule has 1 atom stereocenters. The zero-order valence-corrected chi connectivity index (χ0v) is 6.34. The van der Waals surface area contributed by atoms with Crippen molar-refractivity contribution in [3.05, 3.63) is 0 Å². The molecule has 0 amide bonds. The number of rotatable bonds is 5. The van der Waals surface area contributed by atoms with Gasteiger partial charge in [0.1, 0.15) is 5.78 Å². The van der Waals surface area contributed by atoms with Gasteiger partial charge in [0.15, 0.2) is 0 Å². The van der Waals surface area contributed by atoms with E-state index in [9.17, 15) is 4.79 Å². The van der Waals surface area contributed by atoms with Crippen molar-refractivity contribution in [3.63, 3.8) is 0 Å². The molecule has 0 aliphatic carbocycles. The average Bonchev–Trinajstić information content (AvgIpc) is 1.98. The van der Waals surface area contributed by atoms with Crippen LogP contribution in [0.5, 0.6) is 0 Å². The number of aliphatic hydroxyl groups excluding tert-OH is 1. The summed E-state index contributed by atoms with van der Waals surface area (Å²) < 4.78 is 0. The molecular weight excluding hydrogens is 130 g/mol. The summed E-state index contributed by atoms with van der Waals surface area (Å²) in [5, 5.41) is 8.39. The summed E-state index contributed by atoms with van der Waals surface area (Å²) in [4.78, 5) is 10.9. The number of Topliss-reactive ketones (excluding diaryl/α,β-unsaturated/α-hetero) is 1. The Kier molecular flexibility index (Phi) is 5.16. The van der Waals surface area contributed by atoms with Gasteiger partial charge in [-0.15, -0.1) is 0 Å². The number of carbonyl (C=O) groups excluding carboxylic acids is 1. The lowest BCUT2D eigenvalue weighted by molar-refractivity contribution is -0.122. The Bertz CT molecular complexity index is 104. The van der Waals surface area contributed by atoms with Gasteiger partial charge >= 0.3 is 0 Å². The molecule has 60 valence electrons. The first-order chi connectivity index (χ1) is 4.72. The second-order valence-electron chi connectivity index (χ2n) is 2.43. The predicted octanol–water partition coefficient (Wildman–Crippen LogP) is -0.0772. The first-order valence-corrected chi connectivity index (χ1v) is 3.56. The lowest BCUT2D eigenvalue weighted by atomic mass is 10.0. The Hall–Kier alpha value is -0.410. The number of hydrogen-bond donors (Lipinski definition) is 2. The third-order valence-electron chi connectivity index (χ3n) is 1.48. The molecule has 3 heteroatoms. The van der Waals surface area contributed by atoms with Crippen LogP contribution in [0.1, 0.15) is 19.8 Å². The highest BCUT2D eigenvalue weighted by Crippen LogP contribution is 2.00. The van der Waals surface area contributed by atoms with E-state index in [4.69, 9.17) is 10.8 Å². The van der Waals surface area contributed by atoms with Gasteiger partial charge in [0.2, 0.25) is 0 Å². The largest absolute Gasteiger partial charge is 0.396 e. The van der Waals surface area contributed by atoms with Crippen LogP contribution in [0.25, 0.3) is 0 Å². The standard InChI is InChI=1S/C7H15NO2/c1-6(5-8)7(10)3-2-4-9/h6,9H,2-5,8H2,1H3/t6-/m0/s1. The number of aliphatic hydroxyl groups is 1. The van der Waals surface area contributed by atoms with Gasteiger partial charge in [0, 0.05) is 25.5 Å². The van der Waals surface area contributed by atoms with Gasteiger partial charge < -0.3 is 10.8 Å². The van der Waals surface area contributed by atoms with Crippen LogP contribution in [0.3, 0.4) is 0 Å². The van der Waals surface area contributed by atoms with Gasteiger partial charge in [-0.1, -0.05) is 6.92 Å². The zero-order valence-electron chi connectivity index (χ0n) is 6.34. The average molecular weight is 145 g/mol. The Balaban J connectivity index is 3.42. The van der Waals surface area contributed by atoms with Gasteiger partial charge in [-0.25, -0.2) is 0 Å². The fraction of sp³-hybridized carbons (Fsp3) is 0.857. The molecule has 0 aromatic heterocycles. The van der Waals surface area contributed by atoms with Crippen LogP contribution in [-0.2, 0) is 4.79 Å². The highest BCUT2D eigenvalue weighted by atomic mass is 16.3. The maximum atomic E-state index is 10.9. The van der Waals surface area contributed by atoms with Crippen molar-refractivity contribution in [2.75, 3.05) is 13.2 Å². The SMILES string of the molecule is C[C@@H](CN)C(=O)CCCO. The van der Waals surface area contributed by atoms with Crippen molar-refractivity contribution in [1.82, 2.24) is 0 Å². The molecule has 0 unspecified atom stereocenters. The van der Waals surface area contributed by atoms with Crippen molar-refractivity contribution in [1.29, 1.82) is 0 Å². The van der Waals surface area contributed by atoms with Gasteiger partial charge in [0.25, 0.3) is 0 Å². The first kappa shape index (κ1) is 9.59. The van der Waals surface area contributed by atoms with Crippen molar-refractivity contribution in [2.45, 2.75) is 19.8 Å². The molecule has 0 aromatic carbocycles. The summed E-state index contributed by atoms with van der Waals surface area (Å²) in [6.07, 6.45) is 1.01. The van der Waals surface area contributed by atoms with Crippen LogP contribution in [0.2, 0.25) is 0 Å². The maximum absolute atomic E-state index is 10.9. The van der Waals surface area contributed by atoms with Crippen LogP contribution in [0.15, 0.2) is 0 Å². The molecule has 0 aromatic rings. The first-order valence-electron chi connectivity index (χ1n) is 3.56.